The Morgan fingerprint density at radius 2 is 1.44 bits per heavy atom. The normalized spacial score (nSPS) is 26.4. The maximum atomic E-state index is 12.1. The zero-order valence-corrected chi connectivity index (χ0v) is 11.7. The van der Waals surface area contributed by atoms with E-state index in [1.54, 1.807) is 0 Å². The molecular formula is C13H23NO3S. The van der Waals surface area contributed by atoms with E-state index in [0.717, 1.165) is 12.8 Å². The highest BCUT2D eigenvalue weighted by molar-refractivity contribution is 7.91. The first kappa shape index (κ1) is 13.8. The molecule has 1 N–H and O–H groups in total. The van der Waals surface area contributed by atoms with Gasteiger partial charge in [0.1, 0.15) is 9.84 Å². The molecule has 0 bridgehead atoms. The van der Waals surface area contributed by atoms with E-state index in [2.05, 4.69) is 5.32 Å². The second-order valence-corrected chi connectivity index (χ2v) is 7.93. The Hall–Kier alpha value is -0.580. The molecular weight excluding hydrogens is 250 g/mol. The van der Waals surface area contributed by atoms with Crippen molar-refractivity contribution in [3.05, 3.63) is 0 Å². The summed E-state index contributed by atoms with van der Waals surface area (Å²) in [5, 5.41) is 3.12. The lowest BCUT2D eigenvalue weighted by atomic mass is 10.0. The average Bonchev–Trinajstić information content (AvgIpc) is 2.57. The molecule has 2 rings (SSSR count). The van der Waals surface area contributed by atoms with Gasteiger partial charge in [0.25, 0.3) is 0 Å². The van der Waals surface area contributed by atoms with Crippen LogP contribution < -0.4 is 5.32 Å². The molecule has 1 amide bonds. The molecule has 1 saturated carbocycles. The van der Waals surface area contributed by atoms with Gasteiger partial charge in [0.15, 0.2) is 0 Å². The smallest absolute Gasteiger partial charge is 0.223 e. The zero-order chi connectivity index (χ0) is 13.0. The van der Waals surface area contributed by atoms with Gasteiger partial charge < -0.3 is 5.32 Å². The van der Waals surface area contributed by atoms with Crippen LogP contribution in [0, 0.1) is 5.92 Å². The number of nitrogens with one attached hydrogen (secondary N) is 1. The summed E-state index contributed by atoms with van der Waals surface area (Å²) in [6.07, 6.45) is 8.10. The van der Waals surface area contributed by atoms with Crippen molar-refractivity contribution in [1.82, 2.24) is 5.32 Å². The van der Waals surface area contributed by atoms with E-state index in [9.17, 15) is 13.2 Å². The van der Waals surface area contributed by atoms with Crippen LogP contribution in [0.5, 0.6) is 0 Å². The number of carbonyl (C=O) groups excluding carboxylic acids is 1. The van der Waals surface area contributed by atoms with Crippen molar-refractivity contribution in [2.45, 2.75) is 57.4 Å². The Balaban J connectivity index is 1.81. The van der Waals surface area contributed by atoms with Crippen LogP contribution in [0.15, 0.2) is 0 Å². The molecule has 0 aromatic carbocycles. The monoisotopic (exact) mass is 273 g/mol. The molecule has 18 heavy (non-hydrogen) atoms. The lowest BCUT2D eigenvalue weighted by molar-refractivity contribution is -0.126. The second-order valence-electron chi connectivity index (χ2n) is 5.62. The van der Waals surface area contributed by atoms with Crippen LogP contribution in [-0.2, 0) is 14.6 Å². The summed E-state index contributed by atoms with van der Waals surface area (Å²) in [4.78, 5) is 12.1. The third kappa shape index (κ3) is 3.97. The minimum Gasteiger partial charge on any atom is -0.353 e. The van der Waals surface area contributed by atoms with Crippen LogP contribution in [0.4, 0.5) is 0 Å². The Morgan fingerprint density at radius 1 is 0.889 bits per heavy atom. The molecule has 1 aliphatic heterocycles. The van der Waals surface area contributed by atoms with E-state index in [1.165, 1.54) is 25.7 Å². The minimum atomic E-state index is -2.87. The summed E-state index contributed by atoms with van der Waals surface area (Å²) >= 11 is 0. The molecule has 0 radical (unpaired) electrons. The van der Waals surface area contributed by atoms with E-state index in [1.807, 2.05) is 0 Å². The van der Waals surface area contributed by atoms with Crippen molar-refractivity contribution in [3.63, 3.8) is 0 Å². The van der Waals surface area contributed by atoms with Gasteiger partial charge >= 0.3 is 0 Å². The standard InChI is InChI=1S/C13H23NO3S/c15-13(11-7-9-18(16,17)10-8-11)14-12-5-3-1-2-4-6-12/h11-12H,1-10H2,(H,14,15). The van der Waals surface area contributed by atoms with Crippen LogP contribution >= 0.6 is 0 Å². The fourth-order valence-electron chi connectivity index (χ4n) is 2.89. The van der Waals surface area contributed by atoms with Crippen LogP contribution in [0.2, 0.25) is 0 Å². The number of hydrogen-bond donors (Lipinski definition) is 1. The molecule has 2 fully saturated rings. The molecule has 2 aliphatic rings. The van der Waals surface area contributed by atoms with E-state index in [-0.39, 0.29) is 23.3 Å². The highest BCUT2D eigenvalue weighted by Gasteiger charge is 2.29. The Bertz CT molecular complexity index is 369. The van der Waals surface area contributed by atoms with Gasteiger partial charge in [0.2, 0.25) is 5.91 Å². The van der Waals surface area contributed by atoms with E-state index in [0.29, 0.717) is 18.9 Å². The largest absolute Gasteiger partial charge is 0.353 e. The van der Waals surface area contributed by atoms with Crippen molar-refractivity contribution in [2.75, 3.05) is 11.5 Å². The topological polar surface area (TPSA) is 63.2 Å². The minimum absolute atomic E-state index is 0.0804. The molecule has 1 saturated heterocycles. The third-order valence-corrected chi connectivity index (χ3v) is 5.84. The summed E-state index contributed by atoms with van der Waals surface area (Å²) in [6, 6.07) is 0.318. The number of rotatable bonds is 2. The van der Waals surface area contributed by atoms with Gasteiger partial charge in [-0.05, 0) is 25.7 Å². The third-order valence-electron chi connectivity index (χ3n) is 4.13. The molecule has 104 valence electrons. The molecule has 1 aliphatic carbocycles. The molecule has 0 unspecified atom stereocenters. The quantitative estimate of drug-likeness (QED) is 0.778. The number of hydrogen-bond acceptors (Lipinski definition) is 3. The fraction of sp³-hybridized carbons (Fsp3) is 0.923. The van der Waals surface area contributed by atoms with Gasteiger partial charge in [-0.25, -0.2) is 8.42 Å². The van der Waals surface area contributed by atoms with Crippen LogP contribution in [-0.4, -0.2) is 31.9 Å². The maximum Gasteiger partial charge on any atom is 0.223 e. The van der Waals surface area contributed by atoms with Gasteiger partial charge in [-0.15, -0.1) is 0 Å². The Labute approximate surface area is 109 Å². The molecule has 0 atom stereocenters. The highest BCUT2D eigenvalue weighted by atomic mass is 32.2. The van der Waals surface area contributed by atoms with Gasteiger partial charge in [0.05, 0.1) is 11.5 Å². The maximum absolute atomic E-state index is 12.1. The van der Waals surface area contributed by atoms with Crippen molar-refractivity contribution in [2.24, 2.45) is 5.92 Å². The summed E-state index contributed by atoms with van der Waals surface area (Å²) in [6.45, 7) is 0. The zero-order valence-electron chi connectivity index (χ0n) is 10.9. The van der Waals surface area contributed by atoms with E-state index in [4.69, 9.17) is 0 Å². The number of sulfone groups is 1. The summed E-state index contributed by atoms with van der Waals surface area (Å²) in [7, 11) is -2.87. The molecule has 0 aromatic rings. The van der Waals surface area contributed by atoms with E-state index >= 15 is 0 Å². The first-order valence-electron chi connectivity index (χ1n) is 7.08. The summed E-state index contributed by atoms with van der Waals surface area (Å²) in [5.41, 5.74) is 0. The van der Waals surface area contributed by atoms with Gasteiger partial charge in [-0.2, -0.15) is 0 Å². The van der Waals surface area contributed by atoms with Crippen LogP contribution in [0.25, 0.3) is 0 Å². The first-order chi connectivity index (χ1) is 8.57. The van der Waals surface area contributed by atoms with Crippen molar-refractivity contribution in [3.8, 4) is 0 Å². The fourth-order valence-corrected chi connectivity index (χ4v) is 4.39. The Kier molecular flexibility index (Phi) is 4.65. The van der Waals surface area contributed by atoms with Crippen molar-refractivity contribution in [1.29, 1.82) is 0 Å². The van der Waals surface area contributed by atoms with Crippen LogP contribution in [0.1, 0.15) is 51.4 Å². The predicted molar refractivity (Wildman–Crippen MR) is 71.0 cm³/mol. The molecule has 4 nitrogen and oxygen atoms in total. The van der Waals surface area contributed by atoms with Gasteiger partial charge in [0, 0.05) is 12.0 Å². The molecule has 1 heterocycles. The number of carbonyl (C=O) groups is 1. The summed E-state index contributed by atoms with van der Waals surface area (Å²) in [5.74, 6) is 0.347. The second kappa shape index (κ2) is 6.04. The average molecular weight is 273 g/mol. The highest BCUT2D eigenvalue weighted by Crippen LogP contribution is 2.21. The molecule has 5 heteroatoms. The van der Waals surface area contributed by atoms with E-state index < -0.39 is 9.84 Å². The Morgan fingerprint density at radius 3 is 2.00 bits per heavy atom. The SMILES string of the molecule is O=C(NC1CCCCCC1)C1CCS(=O)(=O)CC1. The lowest BCUT2D eigenvalue weighted by Crippen LogP contribution is -2.41. The van der Waals surface area contributed by atoms with Crippen molar-refractivity contribution < 1.29 is 13.2 Å². The van der Waals surface area contributed by atoms with Gasteiger partial charge in [-0.1, -0.05) is 25.7 Å². The first-order valence-corrected chi connectivity index (χ1v) is 8.90. The number of amides is 1. The molecule has 0 spiro atoms. The van der Waals surface area contributed by atoms with Crippen molar-refractivity contribution >= 4 is 15.7 Å². The molecule has 0 aromatic heterocycles. The lowest BCUT2D eigenvalue weighted by Gasteiger charge is -2.24. The summed E-state index contributed by atoms with van der Waals surface area (Å²) < 4.78 is 22.6. The van der Waals surface area contributed by atoms with Crippen LogP contribution in [0.3, 0.4) is 0 Å². The predicted octanol–water partition coefficient (Wildman–Crippen LogP) is 1.65. The van der Waals surface area contributed by atoms with Gasteiger partial charge in [-0.3, -0.25) is 4.79 Å².